The molecule has 2 nitrogen and oxygen atoms in total. The molecule has 104 valence electrons. The maximum Gasteiger partial charge on any atom is 0.573 e. The first-order valence-electron chi connectivity index (χ1n) is 6.10. The van der Waals surface area contributed by atoms with Crippen LogP contribution < -0.4 is 4.74 Å². The summed E-state index contributed by atoms with van der Waals surface area (Å²) in [5, 5.41) is 0.772. The molecule has 2 aromatic rings. The van der Waals surface area contributed by atoms with Gasteiger partial charge in [0.15, 0.2) is 0 Å². The highest BCUT2D eigenvalue weighted by atomic mass is 19.4. The molecule has 0 spiro atoms. The van der Waals surface area contributed by atoms with E-state index in [9.17, 15) is 13.2 Å². The van der Waals surface area contributed by atoms with Gasteiger partial charge in [0.1, 0.15) is 5.75 Å². The van der Waals surface area contributed by atoms with Crippen molar-refractivity contribution in [3.05, 3.63) is 30.0 Å². The summed E-state index contributed by atoms with van der Waals surface area (Å²) in [5.74, 6) is -0.187. The fraction of sp³-hybridized carbons (Fsp3) is 0.429. The minimum absolute atomic E-state index is 0.102. The largest absolute Gasteiger partial charge is 0.573 e. The molecule has 0 bridgehead atoms. The zero-order valence-corrected chi connectivity index (χ0v) is 11.1. The Morgan fingerprint density at radius 1 is 1.21 bits per heavy atom. The minimum Gasteiger partial charge on any atom is -0.406 e. The maximum atomic E-state index is 12.2. The third-order valence-electron chi connectivity index (χ3n) is 3.50. The minimum atomic E-state index is -4.66. The summed E-state index contributed by atoms with van der Waals surface area (Å²) in [7, 11) is 0. The summed E-state index contributed by atoms with van der Waals surface area (Å²) >= 11 is 0. The molecule has 0 saturated heterocycles. The molecule has 0 amide bonds. The Morgan fingerprint density at radius 2 is 1.89 bits per heavy atom. The van der Waals surface area contributed by atoms with E-state index >= 15 is 0 Å². The van der Waals surface area contributed by atoms with E-state index in [1.165, 1.54) is 12.1 Å². The topological polar surface area (TPSA) is 25.0 Å². The number of nitrogens with one attached hydrogen (secondary N) is 1. The molecule has 0 fully saturated rings. The Kier molecular flexibility index (Phi) is 3.24. The van der Waals surface area contributed by atoms with Crippen LogP contribution in [0.4, 0.5) is 13.2 Å². The highest BCUT2D eigenvalue weighted by Crippen LogP contribution is 2.35. The predicted molar refractivity (Wildman–Crippen MR) is 68.3 cm³/mol. The lowest BCUT2D eigenvalue weighted by atomic mass is 9.82. The van der Waals surface area contributed by atoms with Crippen LogP contribution in [-0.2, 0) is 5.41 Å². The zero-order chi connectivity index (χ0) is 14.3. The van der Waals surface area contributed by atoms with Crippen molar-refractivity contribution in [3.63, 3.8) is 0 Å². The van der Waals surface area contributed by atoms with Gasteiger partial charge in [0.2, 0.25) is 0 Å². The van der Waals surface area contributed by atoms with Gasteiger partial charge in [-0.25, -0.2) is 0 Å². The van der Waals surface area contributed by atoms with Crippen molar-refractivity contribution in [2.75, 3.05) is 0 Å². The lowest BCUT2D eigenvalue weighted by molar-refractivity contribution is -0.274. The van der Waals surface area contributed by atoms with Crippen LogP contribution in [-0.4, -0.2) is 11.3 Å². The number of ether oxygens (including phenoxy) is 1. The van der Waals surface area contributed by atoms with Crippen molar-refractivity contribution in [1.82, 2.24) is 4.98 Å². The third-order valence-corrected chi connectivity index (χ3v) is 3.50. The Labute approximate surface area is 109 Å². The Bertz CT molecular complexity index is 584. The number of halogens is 3. The molecule has 1 aromatic carbocycles. The average Bonchev–Trinajstić information content (AvgIpc) is 2.70. The van der Waals surface area contributed by atoms with Crippen LogP contribution in [0, 0.1) is 0 Å². The molecule has 2 rings (SSSR count). The van der Waals surface area contributed by atoms with Crippen LogP contribution >= 0.6 is 0 Å². The third kappa shape index (κ3) is 2.85. The van der Waals surface area contributed by atoms with Gasteiger partial charge in [-0.05, 0) is 35.6 Å². The van der Waals surface area contributed by atoms with Crippen LogP contribution in [0.1, 0.15) is 32.8 Å². The molecule has 0 atom stereocenters. The van der Waals surface area contributed by atoms with E-state index in [-0.39, 0.29) is 11.2 Å². The van der Waals surface area contributed by atoms with Gasteiger partial charge in [-0.15, -0.1) is 13.2 Å². The molecule has 19 heavy (non-hydrogen) atoms. The Balaban J connectivity index is 2.49. The number of fused-ring (bicyclic) bond motifs is 1. The number of aromatic amines is 1. The summed E-state index contributed by atoms with van der Waals surface area (Å²) in [6.45, 7) is 6.18. The van der Waals surface area contributed by atoms with Crippen LogP contribution in [0.5, 0.6) is 5.75 Å². The second-order valence-electron chi connectivity index (χ2n) is 5.19. The Morgan fingerprint density at radius 3 is 2.47 bits per heavy atom. The number of alkyl halides is 3. The van der Waals surface area contributed by atoms with Gasteiger partial charge < -0.3 is 9.72 Å². The van der Waals surface area contributed by atoms with Crippen molar-refractivity contribution < 1.29 is 17.9 Å². The summed E-state index contributed by atoms with van der Waals surface area (Å²) in [6.07, 6.45) is -1.92. The first-order valence-corrected chi connectivity index (χ1v) is 6.10. The first-order chi connectivity index (χ1) is 8.73. The molecular formula is C14H16F3NO. The second-order valence-corrected chi connectivity index (χ2v) is 5.19. The first kappa shape index (κ1) is 13.8. The monoisotopic (exact) mass is 271 g/mol. The summed E-state index contributed by atoms with van der Waals surface area (Å²) in [6, 6.07) is 4.35. The highest BCUT2D eigenvalue weighted by Gasteiger charge is 2.31. The highest BCUT2D eigenvalue weighted by molar-refractivity contribution is 5.85. The molecule has 5 heteroatoms. The van der Waals surface area contributed by atoms with Gasteiger partial charge in [-0.1, -0.05) is 20.8 Å². The van der Waals surface area contributed by atoms with Gasteiger partial charge in [0.25, 0.3) is 0 Å². The molecule has 0 aliphatic heterocycles. The second kappa shape index (κ2) is 4.47. The molecule has 0 aliphatic carbocycles. The predicted octanol–water partition coefficient (Wildman–Crippen LogP) is 4.75. The van der Waals surface area contributed by atoms with Gasteiger partial charge in [0.05, 0.1) is 0 Å². The van der Waals surface area contributed by atoms with E-state index in [0.717, 1.165) is 22.9 Å². The van der Waals surface area contributed by atoms with Crippen molar-refractivity contribution in [3.8, 4) is 5.75 Å². The van der Waals surface area contributed by atoms with Gasteiger partial charge in [-0.2, -0.15) is 0 Å². The lowest BCUT2D eigenvalue weighted by Crippen LogP contribution is -2.17. The van der Waals surface area contributed by atoms with Crippen LogP contribution in [0.15, 0.2) is 24.4 Å². The van der Waals surface area contributed by atoms with Gasteiger partial charge in [0, 0.05) is 17.1 Å². The summed E-state index contributed by atoms with van der Waals surface area (Å²) in [5.41, 5.74) is 1.71. The number of hydrogen-bond donors (Lipinski definition) is 1. The SMILES string of the molecule is CCC(C)(C)c1c[nH]c2ccc(OC(F)(F)F)cc12. The maximum absolute atomic E-state index is 12.2. The van der Waals surface area contributed by atoms with E-state index in [1.807, 2.05) is 6.20 Å². The molecule has 0 saturated carbocycles. The number of H-pyrrole nitrogens is 1. The van der Waals surface area contributed by atoms with E-state index in [2.05, 4.69) is 30.5 Å². The molecular weight excluding hydrogens is 255 g/mol. The smallest absolute Gasteiger partial charge is 0.406 e. The molecule has 0 unspecified atom stereocenters. The Hall–Kier alpha value is -1.65. The fourth-order valence-corrected chi connectivity index (χ4v) is 2.05. The van der Waals surface area contributed by atoms with Gasteiger partial charge in [-0.3, -0.25) is 0 Å². The number of aromatic nitrogens is 1. The van der Waals surface area contributed by atoms with E-state index in [4.69, 9.17) is 0 Å². The fourth-order valence-electron chi connectivity index (χ4n) is 2.05. The van der Waals surface area contributed by atoms with Crippen LogP contribution in [0.25, 0.3) is 10.9 Å². The molecule has 0 radical (unpaired) electrons. The normalized spacial score (nSPS) is 12.9. The number of rotatable bonds is 3. The summed E-state index contributed by atoms with van der Waals surface area (Å²) < 4.78 is 40.7. The number of hydrogen-bond acceptors (Lipinski definition) is 1. The summed E-state index contributed by atoms with van der Waals surface area (Å²) in [4.78, 5) is 3.08. The van der Waals surface area contributed by atoms with Crippen LogP contribution in [0.3, 0.4) is 0 Å². The van der Waals surface area contributed by atoms with Gasteiger partial charge >= 0.3 is 6.36 Å². The molecule has 1 N–H and O–H groups in total. The van der Waals surface area contributed by atoms with E-state index < -0.39 is 6.36 Å². The molecule has 1 aromatic heterocycles. The number of benzene rings is 1. The van der Waals surface area contributed by atoms with Crippen LogP contribution in [0.2, 0.25) is 0 Å². The molecule has 0 aliphatic rings. The standard InChI is InChI=1S/C14H16F3NO/c1-4-13(2,3)11-8-18-12-6-5-9(7-10(11)12)19-14(15,16)17/h5-8,18H,4H2,1-3H3. The van der Waals surface area contributed by atoms with E-state index in [0.29, 0.717) is 0 Å². The van der Waals surface area contributed by atoms with Crippen molar-refractivity contribution in [1.29, 1.82) is 0 Å². The molecule has 1 heterocycles. The quantitative estimate of drug-likeness (QED) is 0.855. The van der Waals surface area contributed by atoms with E-state index in [1.54, 1.807) is 6.07 Å². The average molecular weight is 271 g/mol. The van der Waals surface area contributed by atoms with Crippen molar-refractivity contribution >= 4 is 10.9 Å². The lowest BCUT2D eigenvalue weighted by Gasteiger charge is -2.22. The van der Waals surface area contributed by atoms with Crippen molar-refractivity contribution in [2.45, 2.75) is 39.0 Å². The zero-order valence-electron chi connectivity index (χ0n) is 11.1. The van der Waals surface area contributed by atoms with Crippen molar-refractivity contribution in [2.24, 2.45) is 0 Å².